The van der Waals surface area contributed by atoms with Crippen LogP contribution in [0.1, 0.15) is 27.2 Å². The summed E-state index contributed by atoms with van der Waals surface area (Å²) in [5, 5.41) is 0. The molecular formula is C11H16O3. The van der Waals surface area contributed by atoms with Gasteiger partial charge in [0, 0.05) is 5.41 Å². The molecule has 78 valence electrons. The van der Waals surface area contributed by atoms with Crippen LogP contribution in [0.5, 0.6) is 0 Å². The number of cyclic esters (lactones) is 1. The Bertz CT molecular complexity index is 273. The number of carbonyl (C=O) groups is 2. The van der Waals surface area contributed by atoms with Crippen LogP contribution in [-0.4, -0.2) is 17.9 Å². The van der Waals surface area contributed by atoms with Crippen LogP contribution >= 0.6 is 0 Å². The second-order valence-corrected chi connectivity index (χ2v) is 4.66. The number of ketones is 1. The van der Waals surface area contributed by atoms with Gasteiger partial charge in [-0.05, 0) is 6.42 Å². The van der Waals surface area contributed by atoms with E-state index in [0.717, 1.165) is 0 Å². The lowest BCUT2D eigenvalue weighted by atomic mass is 9.84. The summed E-state index contributed by atoms with van der Waals surface area (Å²) in [5.41, 5.74) is -0.317. The SMILES string of the molecule is C=CC[C@@H]1C(=O)O[C@H](C(C)(C)C)C1=O. The molecule has 2 atom stereocenters. The normalized spacial score (nSPS) is 27.6. The number of esters is 1. The predicted octanol–water partition coefficient (Wildman–Crippen LogP) is 1.72. The summed E-state index contributed by atoms with van der Waals surface area (Å²) in [6.07, 6.45) is 1.36. The molecule has 1 heterocycles. The predicted molar refractivity (Wildman–Crippen MR) is 52.6 cm³/mol. The molecule has 0 spiro atoms. The fourth-order valence-corrected chi connectivity index (χ4v) is 1.54. The minimum atomic E-state index is -0.628. The number of hydrogen-bond acceptors (Lipinski definition) is 3. The Morgan fingerprint density at radius 3 is 2.36 bits per heavy atom. The lowest BCUT2D eigenvalue weighted by molar-refractivity contribution is -0.148. The van der Waals surface area contributed by atoms with E-state index < -0.39 is 18.0 Å². The Labute approximate surface area is 84.1 Å². The van der Waals surface area contributed by atoms with Gasteiger partial charge in [0.25, 0.3) is 0 Å². The van der Waals surface area contributed by atoms with Crippen molar-refractivity contribution in [3.05, 3.63) is 12.7 Å². The maximum absolute atomic E-state index is 11.8. The molecule has 1 saturated heterocycles. The van der Waals surface area contributed by atoms with Gasteiger partial charge in [0.15, 0.2) is 11.9 Å². The van der Waals surface area contributed by atoms with Gasteiger partial charge in [-0.1, -0.05) is 26.8 Å². The molecule has 3 nitrogen and oxygen atoms in total. The minimum Gasteiger partial charge on any atom is -0.453 e. The highest BCUT2D eigenvalue weighted by Gasteiger charge is 2.47. The molecule has 0 amide bonds. The van der Waals surface area contributed by atoms with Gasteiger partial charge in [-0.2, -0.15) is 0 Å². The highest BCUT2D eigenvalue weighted by Crippen LogP contribution is 2.32. The molecule has 3 heteroatoms. The number of rotatable bonds is 2. The van der Waals surface area contributed by atoms with E-state index in [-0.39, 0.29) is 11.2 Å². The molecule has 0 aromatic carbocycles. The van der Waals surface area contributed by atoms with E-state index in [4.69, 9.17) is 4.74 Å². The summed E-state index contributed by atoms with van der Waals surface area (Å²) in [7, 11) is 0. The third kappa shape index (κ3) is 1.86. The van der Waals surface area contributed by atoms with Crippen molar-refractivity contribution in [1.29, 1.82) is 0 Å². The van der Waals surface area contributed by atoms with Crippen LogP contribution in [0, 0.1) is 11.3 Å². The maximum Gasteiger partial charge on any atom is 0.317 e. The van der Waals surface area contributed by atoms with E-state index in [9.17, 15) is 9.59 Å². The van der Waals surface area contributed by atoms with Crippen LogP contribution in [0.3, 0.4) is 0 Å². The first-order chi connectivity index (χ1) is 6.38. The molecule has 0 aromatic heterocycles. The molecule has 14 heavy (non-hydrogen) atoms. The fraction of sp³-hybridized carbons (Fsp3) is 0.636. The van der Waals surface area contributed by atoms with Crippen LogP contribution in [0.15, 0.2) is 12.7 Å². The van der Waals surface area contributed by atoms with Crippen molar-refractivity contribution in [2.75, 3.05) is 0 Å². The summed E-state index contributed by atoms with van der Waals surface area (Å²) in [6, 6.07) is 0. The fourth-order valence-electron chi connectivity index (χ4n) is 1.54. The molecule has 0 saturated carbocycles. The first kappa shape index (κ1) is 11.0. The molecule has 0 unspecified atom stereocenters. The second-order valence-electron chi connectivity index (χ2n) is 4.66. The smallest absolute Gasteiger partial charge is 0.317 e. The van der Waals surface area contributed by atoms with Gasteiger partial charge >= 0.3 is 5.97 Å². The molecular weight excluding hydrogens is 180 g/mol. The summed E-state index contributed by atoms with van der Waals surface area (Å²) in [6.45, 7) is 9.18. The Morgan fingerprint density at radius 2 is 2.00 bits per heavy atom. The van der Waals surface area contributed by atoms with Gasteiger partial charge < -0.3 is 4.74 Å². The molecule has 0 aromatic rings. The molecule has 1 aliphatic rings. The van der Waals surface area contributed by atoms with Gasteiger partial charge in [0.2, 0.25) is 0 Å². The second kappa shape index (κ2) is 3.56. The van der Waals surface area contributed by atoms with Crippen LogP contribution in [0.2, 0.25) is 0 Å². The lowest BCUT2D eigenvalue weighted by Gasteiger charge is -2.23. The molecule has 1 aliphatic heterocycles. The van der Waals surface area contributed by atoms with E-state index >= 15 is 0 Å². The molecule has 0 N–H and O–H groups in total. The van der Waals surface area contributed by atoms with Gasteiger partial charge in [0.05, 0.1) is 0 Å². The quantitative estimate of drug-likeness (QED) is 0.383. The Morgan fingerprint density at radius 1 is 1.43 bits per heavy atom. The van der Waals surface area contributed by atoms with Crippen molar-refractivity contribution in [3.8, 4) is 0 Å². The van der Waals surface area contributed by atoms with Crippen molar-refractivity contribution in [1.82, 2.24) is 0 Å². The Hall–Kier alpha value is -1.12. The molecule has 0 bridgehead atoms. The van der Waals surface area contributed by atoms with Gasteiger partial charge in [-0.25, -0.2) is 0 Å². The Balaban J connectivity index is 2.84. The van der Waals surface area contributed by atoms with Crippen LogP contribution in [-0.2, 0) is 14.3 Å². The standard InChI is InChI=1S/C11H16O3/c1-5-6-7-8(12)9(11(2,3)4)14-10(7)13/h5,7,9H,1,6H2,2-4H3/t7-,9-/m0/s1. The van der Waals surface area contributed by atoms with Crippen LogP contribution in [0.4, 0.5) is 0 Å². The molecule has 0 radical (unpaired) electrons. The monoisotopic (exact) mass is 196 g/mol. The number of carbonyl (C=O) groups excluding carboxylic acids is 2. The van der Waals surface area contributed by atoms with Crippen molar-refractivity contribution < 1.29 is 14.3 Å². The maximum atomic E-state index is 11.8. The van der Waals surface area contributed by atoms with Crippen molar-refractivity contribution >= 4 is 11.8 Å². The van der Waals surface area contributed by atoms with E-state index in [1.54, 1.807) is 6.08 Å². The van der Waals surface area contributed by atoms with E-state index in [2.05, 4.69) is 6.58 Å². The minimum absolute atomic E-state index is 0.109. The first-order valence-electron chi connectivity index (χ1n) is 4.73. The molecule has 1 fully saturated rings. The zero-order valence-electron chi connectivity index (χ0n) is 8.87. The molecule has 0 aliphatic carbocycles. The highest BCUT2D eigenvalue weighted by atomic mass is 16.6. The topological polar surface area (TPSA) is 43.4 Å². The first-order valence-corrected chi connectivity index (χ1v) is 4.73. The summed E-state index contributed by atoms with van der Waals surface area (Å²) < 4.78 is 5.07. The summed E-state index contributed by atoms with van der Waals surface area (Å²) in [5.74, 6) is -1.14. The average Bonchev–Trinajstić information content (AvgIpc) is 2.31. The van der Waals surface area contributed by atoms with Crippen molar-refractivity contribution in [2.45, 2.75) is 33.3 Å². The number of ether oxygens (including phenoxy) is 1. The van der Waals surface area contributed by atoms with Gasteiger partial charge in [-0.15, -0.1) is 6.58 Å². The summed E-state index contributed by atoms with van der Waals surface area (Å²) >= 11 is 0. The molecule has 1 rings (SSSR count). The summed E-state index contributed by atoms with van der Waals surface area (Å²) in [4.78, 5) is 23.1. The van der Waals surface area contributed by atoms with E-state index in [1.165, 1.54) is 0 Å². The van der Waals surface area contributed by atoms with Crippen molar-refractivity contribution in [2.24, 2.45) is 11.3 Å². The van der Waals surface area contributed by atoms with Gasteiger partial charge in [0.1, 0.15) is 5.92 Å². The number of Topliss-reactive ketones (excluding diaryl/α,β-unsaturated/α-hetero) is 1. The third-order valence-electron chi connectivity index (χ3n) is 2.31. The lowest BCUT2D eigenvalue weighted by Crippen LogP contribution is -2.33. The third-order valence-corrected chi connectivity index (χ3v) is 2.31. The van der Waals surface area contributed by atoms with Crippen LogP contribution in [0.25, 0.3) is 0 Å². The zero-order chi connectivity index (χ0) is 10.9. The van der Waals surface area contributed by atoms with Crippen LogP contribution < -0.4 is 0 Å². The van der Waals surface area contributed by atoms with Crippen molar-refractivity contribution in [3.63, 3.8) is 0 Å². The highest BCUT2D eigenvalue weighted by molar-refractivity contribution is 6.07. The average molecular weight is 196 g/mol. The van der Waals surface area contributed by atoms with Gasteiger partial charge in [-0.3, -0.25) is 9.59 Å². The van der Waals surface area contributed by atoms with E-state index in [1.807, 2.05) is 20.8 Å². The zero-order valence-corrected chi connectivity index (χ0v) is 8.87. The van der Waals surface area contributed by atoms with E-state index in [0.29, 0.717) is 6.42 Å². The Kier molecular flexibility index (Phi) is 2.79. The largest absolute Gasteiger partial charge is 0.453 e. The number of hydrogen-bond donors (Lipinski definition) is 0. The number of allylic oxidation sites excluding steroid dienone is 1.